The van der Waals surface area contributed by atoms with Crippen molar-refractivity contribution in [3.8, 4) is 5.75 Å². The van der Waals surface area contributed by atoms with E-state index in [9.17, 15) is 13.6 Å². The smallest absolute Gasteiger partial charge is 0.251 e. The molecule has 0 aliphatic heterocycles. The minimum atomic E-state index is -0.767. The summed E-state index contributed by atoms with van der Waals surface area (Å²) >= 11 is 0. The average Bonchev–Trinajstić information content (AvgIpc) is 2.65. The van der Waals surface area contributed by atoms with Crippen molar-refractivity contribution in [2.75, 3.05) is 13.2 Å². The number of carbonyl (C=O) groups is 1. The minimum absolute atomic E-state index is 0.0440. The van der Waals surface area contributed by atoms with Gasteiger partial charge in [-0.3, -0.25) is 9.69 Å². The van der Waals surface area contributed by atoms with Gasteiger partial charge < -0.3 is 10.1 Å². The van der Waals surface area contributed by atoms with E-state index in [0.717, 1.165) is 30.8 Å². The van der Waals surface area contributed by atoms with Crippen LogP contribution in [0.2, 0.25) is 0 Å². The molecule has 1 amide bonds. The molecular formula is C22H28F2N2O2. The van der Waals surface area contributed by atoms with Gasteiger partial charge in [0.15, 0.2) is 11.6 Å². The molecule has 0 aliphatic carbocycles. The number of amides is 1. The highest BCUT2D eigenvalue weighted by molar-refractivity contribution is 5.94. The van der Waals surface area contributed by atoms with Crippen LogP contribution in [-0.2, 0) is 6.54 Å². The summed E-state index contributed by atoms with van der Waals surface area (Å²) in [5.74, 6) is -1.70. The number of hydrogen-bond acceptors (Lipinski definition) is 3. The van der Waals surface area contributed by atoms with Gasteiger partial charge in [0.1, 0.15) is 12.4 Å². The first-order valence-electron chi connectivity index (χ1n) is 9.51. The number of hydrogen-bond donors (Lipinski definition) is 1. The lowest BCUT2D eigenvalue weighted by molar-refractivity contribution is 0.0926. The number of nitrogens with one attached hydrogen (secondary N) is 1. The number of halogens is 2. The molecule has 1 atom stereocenters. The van der Waals surface area contributed by atoms with Crippen molar-refractivity contribution in [2.24, 2.45) is 0 Å². The molecule has 0 saturated heterocycles. The predicted octanol–water partition coefficient (Wildman–Crippen LogP) is 4.39. The Morgan fingerprint density at radius 2 is 1.79 bits per heavy atom. The number of nitrogens with zero attached hydrogens (tertiary/aromatic N) is 1. The van der Waals surface area contributed by atoms with Gasteiger partial charge in [0.2, 0.25) is 0 Å². The van der Waals surface area contributed by atoms with E-state index in [0.29, 0.717) is 11.6 Å². The van der Waals surface area contributed by atoms with Gasteiger partial charge in [-0.25, -0.2) is 8.78 Å². The molecule has 1 N–H and O–H groups in total. The van der Waals surface area contributed by atoms with Crippen LogP contribution in [0.4, 0.5) is 8.78 Å². The second-order valence-corrected chi connectivity index (χ2v) is 7.11. The van der Waals surface area contributed by atoms with Gasteiger partial charge in [-0.15, -0.1) is 0 Å². The first-order valence-corrected chi connectivity index (χ1v) is 9.51. The molecule has 2 aromatic rings. The SMILES string of the molecule is CCN(Cc1ccc(C(=O)NC(C)COc2ccc(F)cc2F)cc1)C(C)C. The molecule has 0 saturated carbocycles. The first kappa shape index (κ1) is 21.8. The lowest BCUT2D eigenvalue weighted by atomic mass is 10.1. The van der Waals surface area contributed by atoms with Gasteiger partial charge in [0.25, 0.3) is 5.91 Å². The lowest BCUT2D eigenvalue weighted by Crippen LogP contribution is -2.36. The van der Waals surface area contributed by atoms with Crippen LogP contribution >= 0.6 is 0 Å². The van der Waals surface area contributed by atoms with E-state index in [4.69, 9.17) is 4.74 Å². The Labute approximate surface area is 165 Å². The fourth-order valence-corrected chi connectivity index (χ4v) is 2.81. The number of benzene rings is 2. The summed E-state index contributed by atoms with van der Waals surface area (Å²) in [6.45, 7) is 10.1. The fraction of sp³-hybridized carbons (Fsp3) is 0.409. The third-order valence-electron chi connectivity index (χ3n) is 4.50. The van der Waals surface area contributed by atoms with Crippen molar-refractivity contribution in [3.05, 3.63) is 65.2 Å². The van der Waals surface area contributed by atoms with Crippen LogP contribution in [0.5, 0.6) is 5.75 Å². The zero-order valence-corrected chi connectivity index (χ0v) is 16.8. The van der Waals surface area contributed by atoms with Crippen molar-refractivity contribution < 1.29 is 18.3 Å². The molecule has 0 bridgehead atoms. The second-order valence-electron chi connectivity index (χ2n) is 7.11. The third-order valence-corrected chi connectivity index (χ3v) is 4.50. The molecule has 0 aliphatic rings. The Hall–Kier alpha value is -2.47. The topological polar surface area (TPSA) is 41.6 Å². The molecule has 0 fully saturated rings. The Bertz CT molecular complexity index is 779. The van der Waals surface area contributed by atoms with Gasteiger partial charge in [0.05, 0.1) is 6.04 Å². The Balaban J connectivity index is 1.87. The van der Waals surface area contributed by atoms with Crippen LogP contribution in [0.15, 0.2) is 42.5 Å². The zero-order valence-electron chi connectivity index (χ0n) is 16.8. The van der Waals surface area contributed by atoms with E-state index in [1.807, 2.05) is 12.1 Å². The molecule has 0 heterocycles. The quantitative estimate of drug-likeness (QED) is 0.690. The molecule has 28 heavy (non-hydrogen) atoms. The summed E-state index contributed by atoms with van der Waals surface area (Å²) in [5.41, 5.74) is 1.70. The second kappa shape index (κ2) is 10.2. The summed E-state index contributed by atoms with van der Waals surface area (Å²) in [6.07, 6.45) is 0. The molecule has 0 radical (unpaired) electrons. The summed E-state index contributed by atoms with van der Waals surface area (Å²) in [6, 6.07) is 10.7. The summed E-state index contributed by atoms with van der Waals surface area (Å²) in [7, 11) is 0. The van der Waals surface area contributed by atoms with E-state index in [1.54, 1.807) is 19.1 Å². The average molecular weight is 390 g/mol. The summed E-state index contributed by atoms with van der Waals surface area (Å²) < 4.78 is 31.8. The molecule has 4 nitrogen and oxygen atoms in total. The third kappa shape index (κ3) is 6.30. The maximum Gasteiger partial charge on any atom is 0.251 e. The largest absolute Gasteiger partial charge is 0.488 e. The van der Waals surface area contributed by atoms with Crippen molar-refractivity contribution in [2.45, 2.75) is 46.3 Å². The van der Waals surface area contributed by atoms with Crippen molar-refractivity contribution >= 4 is 5.91 Å². The molecule has 6 heteroatoms. The van der Waals surface area contributed by atoms with E-state index in [1.165, 1.54) is 6.07 Å². The minimum Gasteiger partial charge on any atom is -0.488 e. The normalized spacial score (nSPS) is 12.3. The van der Waals surface area contributed by atoms with Crippen LogP contribution in [0.25, 0.3) is 0 Å². The van der Waals surface area contributed by atoms with Crippen molar-refractivity contribution in [1.29, 1.82) is 0 Å². The van der Waals surface area contributed by atoms with Gasteiger partial charge in [-0.2, -0.15) is 0 Å². The molecular weight excluding hydrogens is 362 g/mol. The zero-order chi connectivity index (χ0) is 20.7. The molecule has 0 aromatic heterocycles. The summed E-state index contributed by atoms with van der Waals surface area (Å²) in [5, 5.41) is 2.82. The van der Waals surface area contributed by atoms with E-state index in [2.05, 4.69) is 31.0 Å². The van der Waals surface area contributed by atoms with E-state index in [-0.39, 0.29) is 24.3 Å². The van der Waals surface area contributed by atoms with Gasteiger partial charge in [0, 0.05) is 24.2 Å². The van der Waals surface area contributed by atoms with Crippen LogP contribution < -0.4 is 10.1 Å². The van der Waals surface area contributed by atoms with Gasteiger partial charge >= 0.3 is 0 Å². The standard InChI is InChI=1S/C22H28F2N2O2/c1-5-26(15(2)3)13-17-6-8-18(9-7-17)22(27)25-16(4)14-28-21-11-10-19(23)12-20(21)24/h6-12,15-16H,5,13-14H2,1-4H3,(H,25,27). The van der Waals surface area contributed by atoms with Crippen LogP contribution in [0, 0.1) is 11.6 Å². The van der Waals surface area contributed by atoms with Crippen LogP contribution in [0.1, 0.15) is 43.6 Å². The predicted molar refractivity (Wildman–Crippen MR) is 106 cm³/mol. The van der Waals surface area contributed by atoms with Crippen molar-refractivity contribution in [3.63, 3.8) is 0 Å². The first-order chi connectivity index (χ1) is 13.3. The van der Waals surface area contributed by atoms with Crippen LogP contribution in [-0.4, -0.2) is 36.0 Å². The highest BCUT2D eigenvalue weighted by Gasteiger charge is 2.13. The molecule has 2 aromatic carbocycles. The fourth-order valence-electron chi connectivity index (χ4n) is 2.81. The van der Waals surface area contributed by atoms with Crippen molar-refractivity contribution in [1.82, 2.24) is 10.2 Å². The summed E-state index contributed by atoms with van der Waals surface area (Å²) in [4.78, 5) is 14.7. The van der Waals surface area contributed by atoms with E-state index >= 15 is 0 Å². The number of carbonyl (C=O) groups excluding carboxylic acids is 1. The maximum absolute atomic E-state index is 13.6. The van der Waals surface area contributed by atoms with Gasteiger partial charge in [-0.1, -0.05) is 19.1 Å². The highest BCUT2D eigenvalue weighted by Crippen LogP contribution is 2.17. The lowest BCUT2D eigenvalue weighted by Gasteiger charge is -2.24. The Morgan fingerprint density at radius 3 is 2.36 bits per heavy atom. The van der Waals surface area contributed by atoms with E-state index < -0.39 is 11.6 Å². The number of ether oxygens (including phenoxy) is 1. The van der Waals surface area contributed by atoms with Gasteiger partial charge in [-0.05, 0) is 57.1 Å². The monoisotopic (exact) mass is 390 g/mol. The Kier molecular flexibility index (Phi) is 7.93. The number of rotatable bonds is 9. The highest BCUT2D eigenvalue weighted by atomic mass is 19.1. The molecule has 1 unspecified atom stereocenters. The molecule has 2 rings (SSSR count). The molecule has 152 valence electrons. The maximum atomic E-state index is 13.6. The van der Waals surface area contributed by atoms with Crippen LogP contribution in [0.3, 0.4) is 0 Å². The Morgan fingerprint density at radius 1 is 1.11 bits per heavy atom. The molecule has 0 spiro atoms.